The molecule has 8 heterocycles. The molecular weight excluding hydrogens is 1990 g/mol. The first-order valence-electron chi connectivity index (χ1n) is 37.0. The number of ether oxygens (including phenoxy) is 1. The smallest absolute Gasteiger partial charge is 0.138 e. The molecule has 0 spiro atoms. The van der Waals surface area contributed by atoms with E-state index in [1.165, 1.54) is 93.2 Å². The second-order valence-corrected chi connectivity index (χ2v) is 47.0. The molecule has 19 rings (SSSR count). The summed E-state index contributed by atoms with van der Waals surface area (Å²) < 4.78 is 11.0. The first-order valence-corrected chi connectivity index (χ1v) is 48.3. The summed E-state index contributed by atoms with van der Waals surface area (Å²) in [5, 5.41) is 24.4. The van der Waals surface area contributed by atoms with E-state index in [1.54, 1.807) is 39.4 Å². The fourth-order valence-corrected chi connectivity index (χ4v) is 20.5. The van der Waals surface area contributed by atoms with Gasteiger partial charge in [-0.3, -0.25) is 0 Å². The first-order chi connectivity index (χ1) is 53.1. The fraction of sp³-hybridized carbons (Fsp3) is 0.172. The third-order valence-corrected chi connectivity index (χ3v) is 27.3. The number of aryl methyl sites for hydroxylation is 3. The van der Waals surface area contributed by atoms with Crippen molar-refractivity contribution in [1.82, 2.24) is 59.2 Å². The molecule has 20 heteroatoms. The van der Waals surface area contributed by atoms with Gasteiger partial charge in [0.15, 0.2) is 0 Å². The van der Waals surface area contributed by atoms with Gasteiger partial charge in [0.25, 0.3) is 0 Å². The number of hydrogen-bond acceptors (Lipinski definition) is 11. The van der Waals surface area contributed by atoms with E-state index in [2.05, 4.69) is 344 Å². The topological polar surface area (TPSA) is 140 Å². The molecule has 0 fully saturated rings. The van der Waals surface area contributed by atoms with Crippen LogP contribution in [0.2, 0.25) is 58.9 Å². The van der Waals surface area contributed by atoms with Crippen molar-refractivity contribution in [3.8, 4) is 56.6 Å². The molecule has 113 heavy (non-hydrogen) atoms. The van der Waals surface area contributed by atoms with Crippen molar-refractivity contribution in [3.63, 3.8) is 0 Å². The van der Waals surface area contributed by atoms with Crippen molar-refractivity contribution in [2.45, 2.75) is 108 Å². The van der Waals surface area contributed by atoms with Gasteiger partial charge < -0.3 is 19.7 Å². The maximum Gasteiger partial charge on any atom is 0.138 e. The van der Waals surface area contributed by atoms with Crippen LogP contribution in [0, 0.1) is 57.2 Å². The van der Waals surface area contributed by atoms with E-state index in [0.29, 0.717) is 17.1 Å². The van der Waals surface area contributed by atoms with Gasteiger partial charge in [0, 0.05) is 95.8 Å². The Balaban J connectivity index is 0.000000134. The van der Waals surface area contributed by atoms with Gasteiger partial charge in [0.05, 0.1) is 24.2 Å². The minimum atomic E-state index is -1.32. The molecule has 4 unspecified atom stereocenters. The summed E-state index contributed by atoms with van der Waals surface area (Å²) in [5.41, 5.74) is 15.5. The second kappa shape index (κ2) is 37.5. The monoisotopic (exact) mass is 2080 g/mol. The minimum absolute atomic E-state index is 0. The number of benzene rings is 9. The van der Waals surface area contributed by atoms with Crippen LogP contribution in [0.25, 0.3) is 83.2 Å². The van der Waals surface area contributed by atoms with Gasteiger partial charge in [-0.25, -0.2) is 29.0 Å². The molecule has 0 amide bonds. The summed E-state index contributed by atoms with van der Waals surface area (Å²) in [4.78, 5) is 27.1. The number of thioether (sulfide) groups is 1. The molecule has 3 radical (unpaired) electrons. The number of aromatic nitrogens is 12. The van der Waals surface area contributed by atoms with Crippen LogP contribution in [0.5, 0.6) is 5.75 Å². The Labute approximate surface area is 711 Å². The Morgan fingerprint density at radius 1 is 0.381 bits per heavy atom. The third kappa shape index (κ3) is 20.5. The van der Waals surface area contributed by atoms with E-state index >= 15 is 0 Å². The van der Waals surface area contributed by atoms with Crippen molar-refractivity contribution in [2.75, 3.05) is 0 Å². The average molecular weight is 2080 g/mol. The summed E-state index contributed by atoms with van der Waals surface area (Å²) in [6, 6.07) is 79.8. The number of para-hydroxylation sites is 1. The molecule has 6 aromatic heterocycles. The molecule has 575 valence electrons. The zero-order valence-electron chi connectivity index (χ0n) is 65.1. The molecule has 13 nitrogen and oxygen atoms in total. The van der Waals surface area contributed by atoms with Gasteiger partial charge in [-0.1, -0.05) is 230 Å². The SMILES string of the molecule is Cc1cc(-c2[c-]cc3ccccc3c2)ncc1[Si](C)(C)C.Cc1cc(-c2[c-]cc3ccccc3c2)ncc1[Si](C)(C)C.Cc1cc(-c2[c-]cc3ccccc3c2)ncc1[Si](C)(C)C.[Ir].[Ir].[Ir].[c-]1cc2c(cc1-n1cncn1)OC1C=CC=CC21.[c-]1cc2c(cc1-n1cncn1)SC1C=CC=CC21.[c-]1ccccc1-n1cncn1. The largest absolute Gasteiger partial charge is 0.512 e. The predicted octanol–water partition coefficient (Wildman–Crippen LogP) is 19.5. The first kappa shape index (κ1) is 84.3. The molecule has 0 bridgehead atoms. The minimum Gasteiger partial charge on any atom is -0.512 e. The molecule has 4 atom stereocenters. The summed E-state index contributed by atoms with van der Waals surface area (Å²) in [6.07, 6.45) is 33.0. The average Bonchev–Trinajstić information content (AvgIpc) is 1.73. The molecule has 2 aliphatic heterocycles. The van der Waals surface area contributed by atoms with Crippen LogP contribution in [-0.4, -0.2) is 94.8 Å². The quantitative estimate of drug-likeness (QED) is 0.101. The van der Waals surface area contributed by atoms with E-state index in [0.717, 1.165) is 56.6 Å². The van der Waals surface area contributed by atoms with Crippen LogP contribution in [0.15, 0.2) is 286 Å². The van der Waals surface area contributed by atoms with E-state index in [4.69, 9.17) is 4.74 Å². The Hall–Kier alpha value is -9.66. The standard InChI is InChI=1S/3C19H20NSi.C14H10N3O.C14H10N3S.C8H6N3.3Ir/c3*1-14-11-18(20-13-19(14)21(2,3)4)17-10-9-15-7-5-6-8-16(15)12-17;2*1-2-4-13-11(3-1)12-6-5-10(7-14(12)18-13)17-9-15-8-16-17;1-2-4-8(5-3-1)11-7-9-6-10-11;;;/h3*5-9,11-13H,1-4H3;2*1-4,6-9,11,13H;1-4,6-7H;;;/q6*-1;;;. The molecule has 15 aromatic rings. The van der Waals surface area contributed by atoms with Crippen molar-refractivity contribution in [2.24, 2.45) is 0 Å². The third-order valence-electron chi connectivity index (χ3n) is 19.6. The molecule has 0 N–H and O–H groups in total. The van der Waals surface area contributed by atoms with E-state index < -0.39 is 24.2 Å². The van der Waals surface area contributed by atoms with Gasteiger partial charge in [-0.15, -0.1) is 129 Å². The second-order valence-electron chi connectivity index (χ2n) is 30.6. The summed E-state index contributed by atoms with van der Waals surface area (Å²) in [7, 11) is -3.95. The van der Waals surface area contributed by atoms with Crippen molar-refractivity contribution in [1.29, 1.82) is 0 Å². The molecule has 2 aliphatic carbocycles. The Bertz CT molecular complexity index is 5420. The van der Waals surface area contributed by atoms with Crippen LogP contribution in [0.1, 0.15) is 39.7 Å². The maximum atomic E-state index is 5.93. The molecule has 0 saturated heterocycles. The molecule has 9 aromatic carbocycles. The van der Waals surface area contributed by atoms with Gasteiger partial charge in [-0.05, 0) is 82.5 Å². The van der Waals surface area contributed by atoms with Gasteiger partial charge in [0.1, 0.15) is 44.1 Å². The van der Waals surface area contributed by atoms with Gasteiger partial charge in [0.2, 0.25) is 0 Å². The van der Waals surface area contributed by atoms with Gasteiger partial charge >= 0.3 is 0 Å². The van der Waals surface area contributed by atoms with Crippen LogP contribution >= 0.6 is 11.8 Å². The summed E-state index contributed by atoms with van der Waals surface area (Å²) in [5.74, 6) is 1.72. The van der Waals surface area contributed by atoms with Crippen LogP contribution < -0.4 is 20.3 Å². The van der Waals surface area contributed by atoms with E-state index in [9.17, 15) is 0 Å². The Morgan fingerprint density at radius 2 is 0.770 bits per heavy atom. The fourth-order valence-electron chi connectivity index (χ4n) is 14.0. The molecular formula is C93H86Ir3N12OSSi3-6. The number of hydrogen-bond donors (Lipinski definition) is 0. The zero-order valence-corrected chi connectivity index (χ0v) is 76.1. The summed E-state index contributed by atoms with van der Waals surface area (Å²) in [6.45, 7) is 27.8. The van der Waals surface area contributed by atoms with E-state index in [-0.39, 0.29) is 66.4 Å². The van der Waals surface area contributed by atoms with Crippen LogP contribution in [0.4, 0.5) is 0 Å². The number of pyridine rings is 3. The van der Waals surface area contributed by atoms with Crippen molar-refractivity contribution >= 4 is 83.9 Å². The maximum absolute atomic E-state index is 5.93. The van der Waals surface area contributed by atoms with Crippen molar-refractivity contribution < 1.29 is 65.1 Å². The number of nitrogens with zero attached hydrogens (tertiary/aromatic N) is 12. The number of fused-ring (bicyclic) bond motifs is 9. The van der Waals surface area contributed by atoms with E-state index in [1.807, 2.05) is 72.4 Å². The van der Waals surface area contributed by atoms with Crippen LogP contribution in [-0.2, 0) is 60.3 Å². The zero-order chi connectivity index (χ0) is 76.5. The molecule has 0 saturated carbocycles. The Kier molecular flexibility index (Phi) is 28.0. The predicted molar refractivity (Wildman–Crippen MR) is 458 cm³/mol. The van der Waals surface area contributed by atoms with Crippen molar-refractivity contribution in [3.05, 3.63) is 345 Å². The number of allylic oxidation sites excluding steroid dienone is 5. The van der Waals surface area contributed by atoms with Gasteiger partial charge in [-0.2, -0.15) is 63.8 Å². The normalized spacial score (nSPS) is 15.1. The number of rotatable bonds is 9. The summed E-state index contributed by atoms with van der Waals surface area (Å²) >= 11 is 1.91. The molecule has 4 aliphatic rings. The Morgan fingerprint density at radius 3 is 1.18 bits per heavy atom. The van der Waals surface area contributed by atoms with Crippen LogP contribution in [0.3, 0.4) is 0 Å².